The van der Waals surface area contributed by atoms with Gasteiger partial charge in [0.1, 0.15) is 0 Å². The van der Waals surface area contributed by atoms with E-state index in [1.807, 2.05) is 54.4 Å². The van der Waals surface area contributed by atoms with Crippen molar-refractivity contribution < 1.29 is 4.79 Å². The van der Waals surface area contributed by atoms with E-state index in [1.165, 1.54) is 12.0 Å². The molecule has 1 fully saturated rings. The van der Waals surface area contributed by atoms with Crippen molar-refractivity contribution >= 4 is 11.9 Å². The number of nitrogens with one attached hydrogen (secondary N) is 1. The van der Waals surface area contributed by atoms with Crippen LogP contribution in [0.1, 0.15) is 40.7 Å². The second-order valence-corrected chi connectivity index (χ2v) is 7.29. The summed E-state index contributed by atoms with van der Waals surface area (Å²) in [6, 6.07) is 18.3. The van der Waals surface area contributed by atoms with E-state index in [9.17, 15) is 4.79 Å². The summed E-state index contributed by atoms with van der Waals surface area (Å²) in [5, 5.41) is 3.40. The number of hydrogen-bond acceptors (Lipinski definition) is 2. The summed E-state index contributed by atoms with van der Waals surface area (Å²) >= 11 is 0. The molecule has 1 aliphatic rings. The number of carbonyl (C=O) groups is 1. The Morgan fingerprint density at radius 1 is 1.00 bits per heavy atom. The first-order valence-electron chi connectivity index (χ1n) is 10.0. The van der Waals surface area contributed by atoms with Gasteiger partial charge in [-0.25, -0.2) is 0 Å². The maximum Gasteiger partial charge on any atom is 0.253 e. The first-order valence-corrected chi connectivity index (χ1v) is 10.0. The Labute approximate surface area is 168 Å². The van der Waals surface area contributed by atoms with Crippen LogP contribution in [0.5, 0.6) is 0 Å². The Hall–Kier alpha value is -2.82. The van der Waals surface area contributed by atoms with Gasteiger partial charge in [0.2, 0.25) is 0 Å². The molecule has 2 aromatic carbocycles. The number of guanidine groups is 1. The largest absolute Gasteiger partial charge is 0.352 e. The molecular formula is C23H30N4O. The van der Waals surface area contributed by atoms with E-state index in [1.54, 1.807) is 7.05 Å². The van der Waals surface area contributed by atoms with Crippen molar-refractivity contribution in [2.24, 2.45) is 4.99 Å². The van der Waals surface area contributed by atoms with E-state index in [0.717, 1.165) is 49.6 Å². The van der Waals surface area contributed by atoms with Gasteiger partial charge in [-0.3, -0.25) is 9.79 Å². The van der Waals surface area contributed by atoms with Crippen molar-refractivity contribution in [3.05, 3.63) is 71.3 Å². The summed E-state index contributed by atoms with van der Waals surface area (Å²) in [7, 11) is 3.83. The van der Waals surface area contributed by atoms with Gasteiger partial charge >= 0.3 is 0 Å². The molecule has 5 heteroatoms. The summed E-state index contributed by atoms with van der Waals surface area (Å²) in [5.74, 6) is 0.995. The number of amides is 1. The second kappa shape index (κ2) is 9.93. The molecule has 1 amide bonds. The molecule has 0 saturated carbocycles. The van der Waals surface area contributed by atoms with Crippen LogP contribution < -0.4 is 5.32 Å². The van der Waals surface area contributed by atoms with Crippen molar-refractivity contribution in [3.63, 3.8) is 0 Å². The SMILES string of the molecule is CN=C(NCc1ccc(C(=O)N2CCCCC2)cc1)N(C)Cc1ccccc1. The molecule has 3 rings (SSSR count). The predicted molar refractivity (Wildman–Crippen MR) is 114 cm³/mol. The highest BCUT2D eigenvalue weighted by atomic mass is 16.2. The predicted octanol–water partition coefficient (Wildman–Crippen LogP) is 3.52. The molecule has 0 spiro atoms. The lowest BCUT2D eigenvalue weighted by Crippen LogP contribution is -2.38. The number of hydrogen-bond donors (Lipinski definition) is 1. The van der Waals surface area contributed by atoms with E-state index in [-0.39, 0.29) is 5.91 Å². The Morgan fingerprint density at radius 2 is 1.68 bits per heavy atom. The summed E-state index contributed by atoms with van der Waals surface area (Å²) in [5.41, 5.74) is 3.15. The van der Waals surface area contributed by atoms with E-state index in [2.05, 4.69) is 27.3 Å². The van der Waals surface area contributed by atoms with Gasteiger partial charge < -0.3 is 15.1 Å². The quantitative estimate of drug-likeness (QED) is 0.640. The fourth-order valence-corrected chi connectivity index (χ4v) is 3.54. The average Bonchev–Trinajstić information content (AvgIpc) is 2.75. The van der Waals surface area contributed by atoms with Crippen molar-refractivity contribution in [1.82, 2.24) is 15.1 Å². The number of likely N-dealkylation sites (tertiary alicyclic amines) is 1. The van der Waals surface area contributed by atoms with Crippen LogP contribution in [0.15, 0.2) is 59.6 Å². The molecule has 0 atom stereocenters. The second-order valence-electron chi connectivity index (χ2n) is 7.29. The highest BCUT2D eigenvalue weighted by Crippen LogP contribution is 2.14. The number of benzene rings is 2. The molecule has 1 saturated heterocycles. The molecular weight excluding hydrogens is 348 g/mol. The molecule has 0 radical (unpaired) electrons. The molecule has 148 valence electrons. The zero-order chi connectivity index (χ0) is 19.8. The molecule has 0 unspecified atom stereocenters. The highest BCUT2D eigenvalue weighted by Gasteiger charge is 2.17. The van der Waals surface area contributed by atoms with Crippen molar-refractivity contribution in [3.8, 4) is 0 Å². The number of rotatable bonds is 5. The first-order chi connectivity index (χ1) is 13.7. The number of piperidine rings is 1. The van der Waals surface area contributed by atoms with Crippen molar-refractivity contribution in [2.75, 3.05) is 27.2 Å². The lowest BCUT2D eigenvalue weighted by molar-refractivity contribution is 0.0724. The van der Waals surface area contributed by atoms with Crippen LogP contribution in [0.2, 0.25) is 0 Å². The van der Waals surface area contributed by atoms with Crippen LogP contribution >= 0.6 is 0 Å². The number of nitrogens with zero attached hydrogens (tertiary/aromatic N) is 3. The van der Waals surface area contributed by atoms with Gasteiger partial charge in [-0.15, -0.1) is 0 Å². The minimum atomic E-state index is 0.151. The van der Waals surface area contributed by atoms with Crippen molar-refractivity contribution in [1.29, 1.82) is 0 Å². The van der Waals surface area contributed by atoms with Crippen molar-refractivity contribution in [2.45, 2.75) is 32.4 Å². The van der Waals surface area contributed by atoms with Crippen LogP contribution in [0, 0.1) is 0 Å². The number of carbonyl (C=O) groups excluding carboxylic acids is 1. The zero-order valence-corrected chi connectivity index (χ0v) is 16.9. The average molecular weight is 379 g/mol. The van der Waals surface area contributed by atoms with Crippen LogP contribution in [0.4, 0.5) is 0 Å². The van der Waals surface area contributed by atoms with Gasteiger partial charge in [-0.2, -0.15) is 0 Å². The first kappa shape index (κ1) is 19.9. The molecule has 0 bridgehead atoms. The van der Waals surface area contributed by atoms with Gasteiger partial charge in [0.05, 0.1) is 0 Å². The molecule has 1 heterocycles. The highest BCUT2D eigenvalue weighted by molar-refractivity contribution is 5.94. The Morgan fingerprint density at radius 3 is 2.32 bits per heavy atom. The maximum absolute atomic E-state index is 12.6. The Balaban J connectivity index is 1.53. The Bertz CT molecular complexity index is 780. The molecule has 1 aliphatic heterocycles. The van der Waals surface area contributed by atoms with Gasteiger partial charge in [-0.05, 0) is 42.5 Å². The molecule has 5 nitrogen and oxygen atoms in total. The van der Waals surface area contributed by atoms with E-state index >= 15 is 0 Å². The lowest BCUT2D eigenvalue weighted by Gasteiger charge is -2.26. The fourth-order valence-electron chi connectivity index (χ4n) is 3.54. The van der Waals surface area contributed by atoms with Crippen LogP contribution in [0.25, 0.3) is 0 Å². The van der Waals surface area contributed by atoms with E-state index in [0.29, 0.717) is 6.54 Å². The van der Waals surface area contributed by atoms with Gasteiger partial charge in [0.15, 0.2) is 5.96 Å². The minimum absolute atomic E-state index is 0.151. The van der Waals surface area contributed by atoms with Gasteiger partial charge in [-0.1, -0.05) is 42.5 Å². The molecule has 1 N–H and O–H groups in total. The zero-order valence-electron chi connectivity index (χ0n) is 16.9. The minimum Gasteiger partial charge on any atom is -0.352 e. The molecule has 28 heavy (non-hydrogen) atoms. The standard InChI is InChI=1S/C23H30N4O/c1-24-23(26(2)18-20-9-5-3-6-10-20)25-17-19-11-13-21(14-12-19)22(28)27-15-7-4-8-16-27/h3,5-6,9-14H,4,7-8,15-18H2,1-2H3,(H,24,25). The van der Waals surface area contributed by atoms with Gasteiger partial charge in [0, 0.05) is 45.8 Å². The van der Waals surface area contributed by atoms with E-state index < -0.39 is 0 Å². The summed E-state index contributed by atoms with van der Waals surface area (Å²) in [4.78, 5) is 21.0. The maximum atomic E-state index is 12.6. The fraction of sp³-hybridized carbons (Fsp3) is 0.391. The third kappa shape index (κ3) is 5.35. The topological polar surface area (TPSA) is 47.9 Å². The lowest BCUT2D eigenvalue weighted by atomic mass is 10.1. The molecule has 0 aromatic heterocycles. The molecule has 0 aliphatic carbocycles. The molecule has 2 aromatic rings. The third-order valence-corrected chi connectivity index (χ3v) is 5.13. The van der Waals surface area contributed by atoms with Crippen LogP contribution in [0.3, 0.4) is 0 Å². The normalized spacial score (nSPS) is 14.6. The number of aliphatic imine (C=N–C) groups is 1. The summed E-state index contributed by atoms with van der Waals surface area (Å²) < 4.78 is 0. The Kier molecular flexibility index (Phi) is 7.06. The van der Waals surface area contributed by atoms with E-state index in [4.69, 9.17) is 0 Å². The summed E-state index contributed by atoms with van der Waals surface area (Å²) in [6.07, 6.45) is 3.46. The smallest absolute Gasteiger partial charge is 0.253 e. The van der Waals surface area contributed by atoms with Crippen LogP contribution in [-0.2, 0) is 13.1 Å². The third-order valence-electron chi connectivity index (χ3n) is 5.13. The van der Waals surface area contributed by atoms with Crippen LogP contribution in [-0.4, -0.2) is 48.9 Å². The van der Waals surface area contributed by atoms with Gasteiger partial charge in [0.25, 0.3) is 5.91 Å². The summed E-state index contributed by atoms with van der Waals surface area (Å²) in [6.45, 7) is 3.23. The monoisotopic (exact) mass is 378 g/mol.